The average molecular weight is 252 g/mol. The van der Waals surface area contributed by atoms with E-state index in [2.05, 4.69) is 9.47 Å². The lowest BCUT2D eigenvalue weighted by Gasteiger charge is -2.24. The fraction of sp³-hybridized carbons (Fsp3) is 0.385. The predicted octanol–water partition coefficient (Wildman–Crippen LogP) is 0.696. The summed E-state index contributed by atoms with van der Waals surface area (Å²) >= 11 is 0. The van der Waals surface area contributed by atoms with Crippen molar-refractivity contribution < 1.29 is 24.2 Å². The number of methoxy groups -OCH3 is 2. The molecule has 0 aliphatic heterocycles. The molecule has 0 amide bonds. The Morgan fingerprint density at radius 3 is 2.28 bits per heavy atom. The predicted molar refractivity (Wildman–Crippen MR) is 63.7 cm³/mol. The van der Waals surface area contributed by atoms with Crippen LogP contribution in [0.4, 0.5) is 0 Å². The van der Waals surface area contributed by atoms with Crippen molar-refractivity contribution in [1.29, 1.82) is 0 Å². The molecule has 1 atom stereocenters. The molecule has 0 saturated carbocycles. The topological polar surface area (TPSA) is 72.8 Å². The molecule has 0 spiro atoms. The van der Waals surface area contributed by atoms with Crippen molar-refractivity contribution in [3.8, 4) is 0 Å². The molecule has 0 radical (unpaired) electrons. The maximum absolute atomic E-state index is 11.6. The molecule has 0 saturated heterocycles. The van der Waals surface area contributed by atoms with Gasteiger partial charge >= 0.3 is 11.9 Å². The van der Waals surface area contributed by atoms with E-state index in [-0.39, 0.29) is 6.42 Å². The highest BCUT2D eigenvalue weighted by molar-refractivity contribution is 5.85. The Balaban J connectivity index is 2.91. The molecule has 1 aromatic carbocycles. The zero-order valence-corrected chi connectivity index (χ0v) is 10.4. The molecule has 0 aliphatic rings. The molecule has 0 aliphatic carbocycles. The van der Waals surface area contributed by atoms with Gasteiger partial charge in [-0.3, -0.25) is 4.79 Å². The summed E-state index contributed by atoms with van der Waals surface area (Å²) in [6, 6.07) is 8.90. The van der Waals surface area contributed by atoms with E-state index in [1.54, 1.807) is 24.3 Å². The lowest BCUT2D eigenvalue weighted by Crippen LogP contribution is -2.44. The molecule has 0 heterocycles. The monoisotopic (exact) mass is 252 g/mol. The van der Waals surface area contributed by atoms with Crippen LogP contribution >= 0.6 is 0 Å². The summed E-state index contributed by atoms with van der Waals surface area (Å²) in [6.07, 6.45) is -0.444. The normalized spacial score (nSPS) is 13.5. The summed E-state index contributed by atoms with van der Waals surface area (Å²) in [6.45, 7) is 0. The Bertz CT molecular complexity index is 415. The number of carbonyl (C=O) groups excluding carboxylic acids is 2. The summed E-state index contributed by atoms with van der Waals surface area (Å²) in [5, 5.41) is 10.3. The van der Waals surface area contributed by atoms with Gasteiger partial charge in [0.05, 0.1) is 20.6 Å². The third-order valence-corrected chi connectivity index (χ3v) is 2.57. The largest absolute Gasteiger partial charge is 0.469 e. The smallest absolute Gasteiger partial charge is 0.338 e. The van der Waals surface area contributed by atoms with Crippen molar-refractivity contribution in [2.45, 2.75) is 18.4 Å². The van der Waals surface area contributed by atoms with Gasteiger partial charge in [0, 0.05) is 6.42 Å². The molecule has 0 bridgehead atoms. The van der Waals surface area contributed by atoms with Crippen LogP contribution in [0.3, 0.4) is 0 Å². The molecule has 18 heavy (non-hydrogen) atoms. The second-order valence-electron chi connectivity index (χ2n) is 3.94. The molecule has 1 unspecified atom stereocenters. The molecular formula is C13H16O5. The first-order chi connectivity index (χ1) is 8.51. The van der Waals surface area contributed by atoms with Gasteiger partial charge in [-0.25, -0.2) is 4.79 Å². The maximum atomic E-state index is 11.6. The minimum absolute atomic E-state index is 0.00435. The van der Waals surface area contributed by atoms with E-state index < -0.39 is 24.0 Å². The number of benzene rings is 1. The van der Waals surface area contributed by atoms with Crippen LogP contribution in [0.25, 0.3) is 0 Å². The highest BCUT2D eigenvalue weighted by Crippen LogP contribution is 2.20. The van der Waals surface area contributed by atoms with Crippen LogP contribution in [0, 0.1) is 0 Å². The van der Waals surface area contributed by atoms with Gasteiger partial charge in [0.15, 0.2) is 5.60 Å². The molecule has 5 nitrogen and oxygen atoms in total. The van der Waals surface area contributed by atoms with Gasteiger partial charge in [-0.1, -0.05) is 30.3 Å². The van der Waals surface area contributed by atoms with Gasteiger partial charge in [-0.05, 0) is 5.56 Å². The van der Waals surface area contributed by atoms with E-state index in [0.29, 0.717) is 0 Å². The van der Waals surface area contributed by atoms with Gasteiger partial charge in [-0.15, -0.1) is 0 Å². The summed E-state index contributed by atoms with van der Waals surface area (Å²) < 4.78 is 9.01. The van der Waals surface area contributed by atoms with E-state index in [1.807, 2.05) is 6.07 Å². The third-order valence-electron chi connectivity index (χ3n) is 2.57. The lowest BCUT2D eigenvalue weighted by atomic mass is 9.91. The third kappa shape index (κ3) is 3.56. The average Bonchev–Trinajstić information content (AvgIpc) is 2.38. The second kappa shape index (κ2) is 6.16. The number of rotatable bonds is 5. The molecule has 0 fully saturated rings. The Morgan fingerprint density at radius 1 is 1.17 bits per heavy atom. The van der Waals surface area contributed by atoms with Crippen LogP contribution in [-0.4, -0.2) is 36.9 Å². The van der Waals surface area contributed by atoms with Crippen LogP contribution in [0.5, 0.6) is 0 Å². The van der Waals surface area contributed by atoms with E-state index in [1.165, 1.54) is 7.11 Å². The Labute approximate surface area is 105 Å². The minimum Gasteiger partial charge on any atom is -0.469 e. The summed E-state index contributed by atoms with van der Waals surface area (Å²) in [4.78, 5) is 22.9. The summed E-state index contributed by atoms with van der Waals surface area (Å²) in [7, 11) is 2.36. The quantitative estimate of drug-likeness (QED) is 0.781. The second-order valence-corrected chi connectivity index (χ2v) is 3.94. The van der Waals surface area contributed by atoms with Crippen LogP contribution in [0.1, 0.15) is 12.0 Å². The van der Waals surface area contributed by atoms with E-state index >= 15 is 0 Å². The fourth-order valence-electron chi connectivity index (χ4n) is 1.64. The molecule has 98 valence electrons. The standard InChI is InChI=1S/C13H16O5/c1-17-11(14)9-13(16,12(15)18-2)8-10-6-4-3-5-7-10/h3-7,16H,8-9H2,1-2H3. The zero-order chi connectivity index (χ0) is 13.6. The summed E-state index contributed by atoms with van der Waals surface area (Å²) in [5.74, 6) is -1.52. The lowest BCUT2D eigenvalue weighted by molar-refractivity contribution is -0.169. The number of aliphatic hydroxyl groups is 1. The number of hydrogen-bond acceptors (Lipinski definition) is 5. The fourth-order valence-corrected chi connectivity index (χ4v) is 1.64. The van der Waals surface area contributed by atoms with Crippen LogP contribution in [0.15, 0.2) is 30.3 Å². The minimum atomic E-state index is -1.90. The van der Waals surface area contributed by atoms with E-state index in [9.17, 15) is 14.7 Å². The molecule has 1 aromatic rings. The first-order valence-electron chi connectivity index (χ1n) is 5.43. The van der Waals surface area contributed by atoms with E-state index in [4.69, 9.17) is 0 Å². The van der Waals surface area contributed by atoms with Crippen LogP contribution < -0.4 is 0 Å². The number of esters is 2. The van der Waals surface area contributed by atoms with Crippen LogP contribution in [0.2, 0.25) is 0 Å². The zero-order valence-electron chi connectivity index (χ0n) is 10.4. The van der Waals surface area contributed by atoms with Gasteiger partial charge in [0.25, 0.3) is 0 Å². The van der Waals surface area contributed by atoms with Crippen molar-refractivity contribution in [3.63, 3.8) is 0 Å². The Hall–Kier alpha value is -1.88. The van der Waals surface area contributed by atoms with Gasteiger partial charge in [0.1, 0.15) is 0 Å². The van der Waals surface area contributed by atoms with Crippen molar-refractivity contribution >= 4 is 11.9 Å². The van der Waals surface area contributed by atoms with Crippen molar-refractivity contribution in [2.75, 3.05) is 14.2 Å². The highest BCUT2D eigenvalue weighted by atomic mass is 16.5. The number of ether oxygens (including phenoxy) is 2. The Morgan fingerprint density at radius 2 is 1.78 bits per heavy atom. The first-order valence-corrected chi connectivity index (χ1v) is 5.43. The summed E-state index contributed by atoms with van der Waals surface area (Å²) in [5.41, 5.74) is -1.17. The Kier molecular flexibility index (Phi) is 4.85. The SMILES string of the molecule is COC(=O)CC(O)(Cc1ccccc1)C(=O)OC. The van der Waals surface area contributed by atoms with Gasteiger partial charge in [0.2, 0.25) is 0 Å². The maximum Gasteiger partial charge on any atom is 0.338 e. The van der Waals surface area contributed by atoms with Gasteiger partial charge in [-0.2, -0.15) is 0 Å². The molecular weight excluding hydrogens is 236 g/mol. The van der Waals surface area contributed by atoms with Crippen molar-refractivity contribution in [1.82, 2.24) is 0 Å². The number of carbonyl (C=O) groups is 2. The first kappa shape index (κ1) is 14.2. The molecule has 5 heteroatoms. The van der Waals surface area contributed by atoms with Crippen LogP contribution in [-0.2, 0) is 25.5 Å². The molecule has 1 N–H and O–H groups in total. The van der Waals surface area contributed by atoms with Crippen molar-refractivity contribution in [3.05, 3.63) is 35.9 Å². The van der Waals surface area contributed by atoms with Gasteiger partial charge < -0.3 is 14.6 Å². The number of hydrogen-bond donors (Lipinski definition) is 1. The highest BCUT2D eigenvalue weighted by Gasteiger charge is 2.40. The molecule has 0 aromatic heterocycles. The van der Waals surface area contributed by atoms with E-state index in [0.717, 1.165) is 12.7 Å². The molecule has 1 rings (SSSR count). The van der Waals surface area contributed by atoms with Crippen molar-refractivity contribution in [2.24, 2.45) is 0 Å².